The third kappa shape index (κ3) is 5.55. The maximum Gasteiger partial charge on any atom is 0.265 e. The van der Waals surface area contributed by atoms with Crippen LogP contribution in [0, 0.1) is 6.92 Å². The second kappa shape index (κ2) is 10.4. The monoisotopic (exact) mass is 478 g/mol. The molecule has 0 aliphatic carbocycles. The van der Waals surface area contributed by atoms with Gasteiger partial charge in [0.05, 0.1) is 5.69 Å². The van der Waals surface area contributed by atoms with E-state index in [1.54, 1.807) is 36.4 Å². The van der Waals surface area contributed by atoms with Gasteiger partial charge in [0.1, 0.15) is 18.0 Å². The van der Waals surface area contributed by atoms with Crippen LogP contribution in [-0.2, 0) is 16.1 Å². The zero-order valence-electron chi connectivity index (χ0n) is 18.5. The summed E-state index contributed by atoms with van der Waals surface area (Å²) in [5.74, 6) is 0.0411. The van der Waals surface area contributed by atoms with Crippen molar-refractivity contribution in [2.45, 2.75) is 13.5 Å². The predicted molar refractivity (Wildman–Crippen MR) is 129 cm³/mol. The summed E-state index contributed by atoms with van der Waals surface area (Å²) in [4.78, 5) is 39.2. The Kier molecular flexibility index (Phi) is 7.13. The molecule has 2 amide bonds. The van der Waals surface area contributed by atoms with E-state index in [-0.39, 0.29) is 37.4 Å². The largest absolute Gasteiger partial charge is 0.485 e. The number of carbonyl (C=O) groups excluding carboxylic acids is 3. The van der Waals surface area contributed by atoms with Crippen molar-refractivity contribution in [1.82, 2.24) is 5.32 Å². The van der Waals surface area contributed by atoms with Gasteiger partial charge in [-0.25, -0.2) is 0 Å². The lowest BCUT2D eigenvalue weighted by Crippen LogP contribution is -2.45. The summed E-state index contributed by atoms with van der Waals surface area (Å²) in [5, 5.41) is 3.40. The van der Waals surface area contributed by atoms with E-state index >= 15 is 0 Å². The molecule has 8 heteroatoms. The zero-order valence-corrected chi connectivity index (χ0v) is 19.3. The number of rotatable bonds is 8. The number of hydrogen-bond donors (Lipinski definition) is 1. The van der Waals surface area contributed by atoms with Gasteiger partial charge in [0.2, 0.25) is 5.91 Å². The van der Waals surface area contributed by atoms with Crippen LogP contribution in [0.1, 0.15) is 21.5 Å². The standard InChI is InChI=1S/C26H23ClN2O5/c1-17-11-20(27)8-10-23(17)33-15-22(30)19-7-9-24-21(12-19)29(26(32)16-34-24)14-25(31)28-13-18-5-3-2-4-6-18/h2-12H,13-16H2,1H3,(H,28,31). The highest BCUT2D eigenvalue weighted by molar-refractivity contribution is 6.30. The maximum atomic E-state index is 12.8. The first-order valence-corrected chi connectivity index (χ1v) is 11.1. The first kappa shape index (κ1) is 23.3. The molecule has 0 radical (unpaired) electrons. The van der Waals surface area contributed by atoms with Crippen molar-refractivity contribution in [2.24, 2.45) is 0 Å². The minimum absolute atomic E-state index is 0.175. The molecule has 1 aliphatic heterocycles. The molecule has 4 rings (SSSR count). The van der Waals surface area contributed by atoms with Gasteiger partial charge in [0.25, 0.3) is 5.91 Å². The fourth-order valence-electron chi connectivity index (χ4n) is 3.55. The Morgan fingerprint density at radius 1 is 1.09 bits per heavy atom. The molecule has 0 bridgehead atoms. The van der Waals surface area contributed by atoms with E-state index in [4.69, 9.17) is 21.1 Å². The summed E-state index contributed by atoms with van der Waals surface area (Å²) in [6, 6.07) is 19.4. The third-order valence-electron chi connectivity index (χ3n) is 5.35. The van der Waals surface area contributed by atoms with Crippen molar-refractivity contribution in [3.63, 3.8) is 0 Å². The van der Waals surface area contributed by atoms with Crippen LogP contribution in [0.5, 0.6) is 11.5 Å². The highest BCUT2D eigenvalue weighted by Gasteiger charge is 2.28. The van der Waals surface area contributed by atoms with Gasteiger partial charge in [0, 0.05) is 17.1 Å². The molecule has 34 heavy (non-hydrogen) atoms. The fourth-order valence-corrected chi connectivity index (χ4v) is 3.77. The fraction of sp³-hybridized carbons (Fsp3) is 0.192. The van der Waals surface area contributed by atoms with Gasteiger partial charge in [-0.15, -0.1) is 0 Å². The number of Topliss-reactive ketones (excluding diaryl/α,β-unsaturated/α-hetero) is 1. The molecule has 0 unspecified atom stereocenters. The molecule has 0 spiro atoms. The molecule has 0 atom stereocenters. The van der Waals surface area contributed by atoms with Crippen molar-refractivity contribution in [1.29, 1.82) is 0 Å². The average molecular weight is 479 g/mol. The average Bonchev–Trinajstić information content (AvgIpc) is 2.84. The van der Waals surface area contributed by atoms with Crippen molar-refractivity contribution in [3.8, 4) is 11.5 Å². The molecule has 3 aromatic rings. The highest BCUT2D eigenvalue weighted by atomic mass is 35.5. The van der Waals surface area contributed by atoms with Crippen LogP contribution < -0.4 is 19.7 Å². The van der Waals surface area contributed by atoms with E-state index in [1.165, 1.54) is 4.90 Å². The number of benzene rings is 3. The minimum atomic E-state index is -0.361. The van der Waals surface area contributed by atoms with E-state index in [9.17, 15) is 14.4 Å². The first-order valence-electron chi connectivity index (χ1n) is 10.7. The molecular weight excluding hydrogens is 456 g/mol. The molecule has 7 nitrogen and oxygen atoms in total. The Balaban J connectivity index is 1.44. The first-order chi connectivity index (χ1) is 16.4. The highest BCUT2D eigenvalue weighted by Crippen LogP contribution is 2.33. The molecule has 1 aliphatic rings. The molecule has 0 fully saturated rings. The molecule has 3 aromatic carbocycles. The minimum Gasteiger partial charge on any atom is -0.485 e. The molecule has 174 valence electrons. The smallest absolute Gasteiger partial charge is 0.265 e. The number of fused-ring (bicyclic) bond motifs is 1. The van der Waals surface area contributed by atoms with Gasteiger partial charge in [-0.05, 0) is 54.4 Å². The van der Waals surface area contributed by atoms with Gasteiger partial charge < -0.3 is 14.8 Å². The van der Waals surface area contributed by atoms with Gasteiger partial charge >= 0.3 is 0 Å². The molecule has 1 N–H and O–H groups in total. The normalized spacial score (nSPS) is 12.5. The lowest BCUT2D eigenvalue weighted by molar-refractivity contribution is -0.125. The third-order valence-corrected chi connectivity index (χ3v) is 5.59. The van der Waals surface area contributed by atoms with Crippen LogP contribution in [0.25, 0.3) is 0 Å². The predicted octanol–water partition coefficient (Wildman–Crippen LogP) is 3.95. The quantitative estimate of drug-likeness (QED) is 0.495. The van der Waals surface area contributed by atoms with Crippen LogP contribution in [0.3, 0.4) is 0 Å². The van der Waals surface area contributed by atoms with E-state index in [1.807, 2.05) is 37.3 Å². The van der Waals surface area contributed by atoms with Gasteiger partial charge in [-0.1, -0.05) is 41.9 Å². The Labute approximate surface area is 202 Å². The van der Waals surface area contributed by atoms with Crippen LogP contribution in [0.2, 0.25) is 5.02 Å². The Bertz CT molecular complexity index is 1230. The summed E-state index contributed by atoms with van der Waals surface area (Å²) in [6.07, 6.45) is 0. The summed E-state index contributed by atoms with van der Waals surface area (Å²) in [5.41, 5.74) is 2.49. The van der Waals surface area contributed by atoms with Gasteiger partial charge in [-0.2, -0.15) is 0 Å². The number of nitrogens with zero attached hydrogens (tertiary/aromatic N) is 1. The number of aryl methyl sites for hydroxylation is 1. The van der Waals surface area contributed by atoms with Crippen LogP contribution >= 0.6 is 11.6 Å². The Hall–Kier alpha value is -3.84. The van der Waals surface area contributed by atoms with E-state index in [0.29, 0.717) is 34.3 Å². The summed E-state index contributed by atoms with van der Waals surface area (Å²) in [7, 11) is 0. The van der Waals surface area contributed by atoms with Gasteiger partial charge in [-0.3, -0.25) is 19.3 Å². The van der Waals surface area contributed by atoms with Crippen molar-refractivity contribution in [2.75, 3.05) is 24.7 Å². The molecule has 0 aromatic heterocycles. The number of halogens is 1. The second-order valence-electron chi connectivity index (χ2n) is 7.84. The number of hydrogen-bond acceptors (Lipinski definition) is 5. The number of amides is 2. The lowest BCUT2D eigenvalue weighted by Gasteiger charge is -2.29. The van der Waals surface area contributed by atoms with E-state index in [0.717, 1.165) is 11.1 Å². The zero-order chi connectivity index (χ0) is 24.1. The van der Waals surface area contributed by atoms with Gasteiger partial charge in [0.15, 0.2) is 19.0 Å². The Morgan fingerprint density at radius 3 is 2.65 bits per heavy atom. The van der Waals surface area contributed by atoms with Crippen LogP contribution in [0.4, 0.5) is 5.69 Å². The molecular formula is C26H23ClN2O5. The summed E-state index contributed by atoms with van der Waals surface area (Å²) in [6.45, 7) is 1.65. The SMILES string of the molecule is Cc1cc(Cl)ccc1OCC(=O)c1ccc2c(c1)N(CC(=O)NCc1ccccc1)C(=O)CO2. The Morgan fingerprint density at radius 2 is 1.88 bits per heavy atom. The summed E-state index contributed by atoms with van der Waals surface area (Å²) >= 11 is 5.96. The van der Waals surface area contributed by atoms with Crippen molar-refractivity contribution in [3.05, 3.63) is 88.4 Å². The molecule has 0 saturated heterocycles. The number of carbonyl (C=O) groups is 3. The van der Waals surface area contributed by atoms with E-state index in [2.05, 4.69) is 5.32 Å². The van der Waals surface area contributed by atoms with Crippen LogP contribution in [0.15, 0.2) is 66.7 Å². The number of ketones is 1. The topological polar surface area (TPSA) is 84.9 Å². The molecule has 1 heterocycles. The number of ether oxygens (including phenoxy) is 2. The van der Waals surface area contributed by atoms with Crippen molar-refractivity contribution >= 4 is 34.9 Å². The summed E-state index contributed by atoms with van der Waals surface area (Å²) < 4.78 is 11.1. The number of anilines is 1. The van der Waals surface area contributed by atoms with Crippen LogP contribution in [-0.4, -0.2) is 37.4 Å². The maximum absolute atomic E-state index is 12.8. The molecule has 0 saturated carbocycles. The van der Waals surface area contributed by atoms with Crippen molar-refractivity contribution < 1.29 is 23.9 Å². The second-order valence-corrected chi connectivity index (χ2v) is 8.27. The lowest BCUT2D eigenvalue weighted by atomic mass is 10.1. The van der Waals surface area contributed by atoms with E-state index < -0.39 is 0 Å². The number of nitrogens with one attached hydrogen (secondary N) is 1.